The molecule has 0 saturated heterocycles. The molecule has 3 N–H and O–H groups in total. The number of hydrogen-bond donors (Lipinski definition) is 2. The Bertz CT molecular complexity index is 748. The Hall–Kier alpha value is -2.86. The molecule has 0 aromatic heterocycles. The highest BCUT2D eigenvalue weighted by atomic mass is 16.6. The average Bonchev–Trinajstić information content (AvgIpc) is 3.01. The minimum absolute atomic E-state index is 0.00849. The van der Waals surface area contributed by atoms with Crippen LogP contribution in [-0.2, 0) is 14.3 Å². The van der Waals surface area contributed by atoms with E-state index >= 15 is 0 Å². The van der Waals surface area contributed by atoms with Crippen molar-refractivity contribution in [3.8, 4) is 11.1 Å². The van der Waals surface area contributed by atoms with Gasteiger partial charge in [-0.3, -0.25) is 10.1 Å². The number of benzene rings is 2. The van der Waals surface area contributed by atoms with Crippen molar-refractivity contribution in [3.05, 3.63) is 59.7 Å². The van der Waals surface area contributed by atoms with Crippen LogP contribution in [0.5, 0.6) is 0 Å². The van der Waals surface area contributed by atoms with Crippen LogP contribution in [0, 0.1) is 0 Å². The summed E-state index contributed by atoms with van der Waals surface area (Å²) in [6, 6.07) is 16.3. The van der Waals surface area contributed by atoms with Crippen LogP contribution in [-0.4, -0.2) is 31.9 Å². The van der Waals surface area contributed by atoms with Gasteiger partial charge in [-0.2, -0.15) is 0 Å². The normalized spacial score (nSPS) is 13.4. The van der Waals surface area contributed by atoms with E-state index in [1.807, 2.05) is 24.3 Å². The molecular weight excluding hydrogens is 344 g/mol. The van der Waals surface area contributed by atoms with Gasteiger partial charge in [0, 0.05) is 12.3 Å². The van der Waals surface area contributed by atoms with E-state index in [0.29, 0.717) is 19.4 Å². The third-order valence-electron chi connectivity index (χ3n) is 4.76. The second-order valence-corrected chi connectivity index (χ2v) is 6.48. The zero-order chi connectivity index (χ0) is 19.1. The van der Waals surface area contributed by atoms with Crippen molar-refractivity contribution in [2.45, 2.75) is 31.4 Å². The van der Waals surface area contributed by atoms with E-state index in [1.165, 1.54) is 11.1 Å². The number of carbonyl (C=O) groups excluding carboxylic acids is 2. The van der Waals surface area contributed by atoms with Crippen molar-refractivity contribution in [2.75, 3.05) is 13.2 Å². The van der Waals surface area contributed by atoms with Crippen LogP contribution in [0.25, 0.3) is 11.1 Å². The van der Waals surface area contributed by atoms with Crippen LogP contribution < -0.4 is 11.1 Å². The first kappa shape index (κ1) is 18.9. The minimum Gasteiger partial charge on any atom is -0.448 e. The fourth-order valence-corrected chi connectivity index (χ4v) is 3.49. The molecule has 1 atom stereocenters. The van der Waals surface area contributed by atoms with Crippen molar-refractivity contribution in [1.29, 1.82) is 0 Å². The first-order chi connectivity index (χ1) is 13.2. The minimum atomic E-state index is -0.704. The highest BCUT2D eigenvalue weighted by Crippen LogP contribution is 2.44. The van der Waals surface area contributed by atoms with Crippen molar-refractivity contribution >= 4 is 12.6 Å². The van der Waals surface area contributed by atoms with Gasteiger partial charge in [0.1, 0.15) is 6.61 Å². The molecule has 1 amide bonds. The number of carbonyl (C=O) groups is 2. The lowest BCUT2D eigenvalue weighted by Crippen LogP contribution is -2.37. The largest absolute Gasteiger partial charge is 0.448 e. The summed E-state index contributed by atoms with van der Waals surface area (Å²) in [7, 11) is 0. The molecule has 6 nitrogen and oxygen atoms in total. The number of rotatable bonds is 9. The SMILES string of the molecule is NCCCC[C@H](NC(=O)OCC1c2ccccc2-c2ccccc21)OC=O. The monoisotopic (exact) mass is 368 g/mol. The summed E-state index contributed by atoms with van der Waals surface area (Å²) in [5.41, 5.74) is 10.1. The lowest BCUT2D eigenvalue weighted by Gasteiger charge is -2.18. The van der Waals surface area contributed by atoms with Crippen LogP contribution in [0.2, 0.25) is 0 Å². The Morgan fingerprint density at radius 1 is 1.07 bits per heavy atom. The van der Waals surface area contributed by atoms with Crippen molar-refractivity contribution in [1.82, 2.24) is 5.32 Å². The van der Waals surface area contributed by atoms with Gasteiger partial charge in [0.05, 0.1) is 0 Å². The maximum absolute atomic E-state index is 12.2. The standard InChI is InChI=1S/C21H24N2O4/c22-12-6-5-11-20(27-14-24)23-21(25)26-13-19-17-9-3-1-7-15(17)16-8-2-4-10-18(16)19/h1-4,7-10,14,19-20H,5-6,11-13,22H2,(H,23,25)/t20-/m1/s1. The number of fused-ring (bicyclic) bond motifs is 3. The summed E-state index contributed by atoms with van der Waals surface area (Å²) in [5, 5.41) is 2.59. The van der Waals surface area contributed by atoms with Gasteiger partial charge in [0.25, 0.3) is 6.47 Å². The van der Waals surface area contributed by atoms with Gasteiger partial charge in [-0.25, -0.2) is 4.79 Å². The molecule has 142 valence electrons. The van der Waals surface area contributed by atoms with Gasteiger partial charge in [-0.1, -0.05) is 48.5 Å². The first-order valence-corrected chi connectivity index (χ1v) is 9.15. The van der Waals surface area contributed by atoms with E-state index < -0.39 is 12.3 Å². The van der Waals surface area contributed by atoms with Gasteiger partial charge in [-0.15, -0.1) is 0 Å². The Kier molecular flexibility index (Phi) is 6.44. The molecule has 2 aromatic rings. The summed E-state index contributed by atoms with van der Waals surface area (Å²) in [5.74, 6) is -0.00849. The van der Waals surface area contributed by atoms with E-state index in [0.717, 1.165) is 24.0 Å². The maximum atomic E-state index is 12.2. The molecule has 0 fully saturated rings. The summed E-state index contributed by atoms with van der Waals surface area (Å²) >= 11 is 0. The van der Waals surface area contributed by atoms with Gasteiger partial charge in [0.2, 0.25) is 0 Å². The number of amides is 1. The predicted octanol–water partition coefficient (Wildman–Crippen LogP) is 3.15. The Morgan fingerprint density at radius 3 is 2.30 bits per heavy atom. The predicted molar refractivity (Wildman–Crippen MR) is 102 cm³/mol. The van der Waals surface area contributed by atoms with Crippen LogP contribution in [0.1, 0.15) is 36.3 Å². The third-order valence-corrected chi connectivity index (χ3v) is 4.76. The van der Waals surface area contributed by atoms with E-state index in [2.05, 4.69) is 29.6 Å². The number of nitrogens with two attached hydrogens (primary N) is 1. The van der Waals surface area contributed by atoms with Crippen molar-refractivity contribution in [3.63, 3.8) is 0 Å². The molecule has 0 bridgehead atoms. The van der Waals surface area contributed by atoms with Gasteiger partial charge < -0.3 is 15.2 Å². The topological polar surface area (TPSA) is 90.7 Å². The van der Waals surface area contributed by atoms with Gasteiger partial charge >= 0.3 is 6.09 Å². The molecule has 0 unspecified atom stereocenters. The average molecular weight is 368 g/mol. The number of unbranched alkanes of at least 4 members (excludes halogenated alkanes) is 1. The van der Waals surface area contributed by atoms with Crippen LogP contribution in [0.3, 0.4) is 0 Å². The second kappa shape index (κ2) is 9.19. The third kappa shape index (κ3) is 4.46. The number of hydrogen-bond acceptors (Lipinski definition) is 5. The van der Waals surface area contributed by atoms with E-state index in [4.69, 9.17) is 15.2 Å². The van der Waals surface area contributed by atoms with Crippen LogP contribution in [0.15, 0.2) is 48.5 Å². The van der Waals surface area contributed by atoms with Crippen molar-refractivity contribution < 1.29 is 19.1 Å². The molecule has 0 spiro atoms. The van der Waals surface area contributed by atoms with Gasteiger partial charge in [0.15, 0.2) is 6.23 Å². The summed E-state index contributed by atoms with van der Waals surface area (Å²) in [4.78, 5) is 22.8. The fourth-order valence-electron chi connectivity index (χ4n) is 3.49. The molecule has 0 aliphatic heterocycles. The number of nitrogens with one attached hydrogen (secondary N) is 1. The molecule has 1 aliphatic carbocycles. The summed E-state index contributed by atoms with van der Waals surface area (Å²) < 4.78 is 10.4. The molecule has 0 heterocycles. The lowest BCUT2D eigenvalue weighted by molar-refractivity contribution is -0.135. The fraction of sp³-hybridized carbons (Fsp3) is 0.333. The Balaban J connectivity index is 1.62. The quantitative estimate of drug-likeness (QED) is 0.403. The summed E-state index contributed by atoms with van der Waals surface area (Å²) in [6.45, 7) is 1.10. The summed E-state index contributed by atoms with van der Waals surface area (Å²) in [6.07, 6.45) is 0.741. The molecule has 0 radical (unpaired) electrons. The molecule has 6 heteroatoms. The van der Waals surface area contributed by atoms with E-state index in [1.54, 1.807) is 0 Å². The molecule has 3 rings (SSSR count). The number of ether oxygens (including phenoxy) is 2. The smallest absolute Gasteiger partial charge is 0.410 e. The molecule has 1 aliphatic rings. The molecule has 0 saturated carbocycles. The van der Waals surface area contributed by atoms with E-state index in [-0.39, 0.29) is 12.5 Å². The zero-order valence-corrected chi connectivity index (χ0v) is 15.1. The number of alkyl carbamates (subject to hydrolysis) is 1. The second-order valence-electron chi connectivity index (χ2n) is 6.48. The Labute approximate surface area is 158 Å². The maximum Gasteiger partial charge on any atom is 0.410 e. The van der Waals surface area contributed by atoms with Gasteiger partial charge in [-0.05, 0) is 41.6 Å². The Morgan fingerprint density at radius 2 is 1.70 bits per heavy atom. The van der Waals surface area contributed by atoms with Crippen molar-refractivity contribution in [2.24, 2.45) is 5.73 Å². The molecule has 2 aromatic carbocycles. The zero-order valence-electron chi connectivity index (χ0n) is 15.1. The van der Waals surface area contributed by atoms with Crippen LogP contribution in [0.4, 0.5) is 4.79 Å². The van der Waals surface area contributed by atoms with Crippen LogP contribution >= 0.6 is 0 Å². The molecular formula is C21H24N2O4. The highest BCUT2D eigenvalue weighted by Gasteiger charge is 2.29. The molecule has 27 heavy (non-hydrogen) atoms. The lowest BCUT2D eigenvalue weighted by atomic mass is 9.98. The highest BCUT2D eigenvalue weighted by molar-refractivity contribution is 5.79. The van der Waals surface area contributed by atoms with E-state index in [9.17, 15) is 9.59 Å². The first-order valence-electron chi connectivity index (χ1n) is 9.15.